The van der Waals surface area contributed by atoms with Gasteiger partial charge in [0, 0.05) is 6.04 Å². The number of rotatable bonds is 6. The van der Waals surface area contributed by atoms with Crippen molar-refractivity contribution in [3.8, 4) is 5.69 Å². The summed E-state index contributed by atoms with van der Waals surface area (Å²) in [4.78, 5) is 42.8. The van der Waals surface area contributed by atoms with E-state index in [9.17, 15) is 14.4 Å². The summed E-state index contributed by atoms with van der Waals surface area (Å²) < 4.78 is 3.45. The van der Waals surface area contributed by atoms with Gasteiger partial charge < -0.3 is 5.32 Å². The highest BCUT2D eigenvalue weighted by atomic mass is 32.2. The van der Waals surface area contributed by atoms with Gasteiger partial charge in [-0.1, -0.05) is 36.9 Å². The molecule has 0 bridgehead atoms. The lowest BCUT2D eigenvalue weighted by Crippen LogP contribution is -2.42. The van der Waals surface area contributed by atoms with Gasteiger partial charge in [0.1, 0.15) is 11.2 Å². The van der Waals surface area contributed by atoms with Gasteiger partial charge in [0.15, 0.2) is 9.99 Å². The molecule has 1 aromatic carbocycles. The number of nitrogens with zero attached hydrogens (tertiary/aromatic N) is 3. The number of aromatic nitrogens is 3. The van der Waals surface area contributed by atoms with Gasteiger partial charge >= 0.3 is 5.69 Å². The molecule has 2 aromatic heterocycles. The van der Waals surface area contributed by atoms with Crippen LogP contribution in [0.4, 0.5) is 0 Å². The summed E-state index contributed by atoms with van der Waals surface area (Å²) in [6.07, 6.45) is 0. The highest BCUT2D eigenvalue weighted by Gasteiger charge is 2.20. The number of thiazole rings is 1. The van der Waals surface area contributed by atoms with Gasteiger partial charge in [0.05, 0.1) is 5.69 Å². The summed E-state index contributed by atoms with van der Waals surface area (Å²) >= 11 is 2.75. The minimum absolute atomic E-state index is 0.0506. The predicted molar refractivity (Wildman–Crippen MR) is 109 cm³/mol. The van der Waals surface area contributed by atoms with Crippen LogP contribution in [-0.2, 0) is 11.3 Å². The number of fused-ring (bicyclic) bond motifs is 1. The SMILES string of the molecule is CCSc1nc2c(s1)c(=O)n(-c1ccccc1)c(=O)n2CC(=O)NC(C)C. The minimum atomic E-state index is -0.573. The average Bonchev–Trinajstić information content (AvgIpc) is 3.03. The van der Waals surface area contributed by atoms with Crippen LogP contribution in [0.5, 0.6) is 0 Å². The Kier molecular flexibility index (Phi) is 5.81. The molecule has 7 nitrogen and oxygen atoms in total. The molecule has 0 aliphatic heterocycles. The Morgan fingerprint density at radius 1 is 1.26 bits per heavy atom. The molecule has 142 valence electrons. The van der Waals surface area contributed by atoms with Gasteiger partial charge in [-0.3, -0.25) is 14.2 Å². The van der Waals surface area contributed by atoms with Gasteiger partial charge in [-0.05, 0) is 31.7 Å². The maximum atomic E-state index is 13.1. The molecular weight excluding hydrogens is 384 g/mol. The standard InChI is InChI=1S/C18H20N4O3S2/c1-4-26-17-20-15-14(27-17)16(24)22(12-8-6-5-7-9-12)18(25)21(15)10-13(23)19-11(2)3/h5-9,11H,4,10H2,1-3H3,(H,19,23). The quantitative estimate of drug-likeness (QED) is 0.637. The van der Waals surface area contributed by atoms with E-state index >= 15 is 0 Å². The van der Waals surface area contributed by atoms with Crippen LogP contribution < -0.4 is 16.6 Å². The van der Waals surface area contributed by atoms with Crippen molar-refractivity contribution in [3.63, 3.8) is 0 Å². The van der Waals surface area contributed by atoms with E-state index in [1.54, 1.807) is 24.3 Å². The lowest BCUT2D eigenvalue weighted by atomic mass is 10.3. The molecule has 0 saturated carbocycles. The molecule has 0 spiro atoms. The Labute approximate surface area is 164 Å². The van der Waals surface area contributed by atoms with Crippen LogP contribution in [0.25, 0.3) is 16.0 Å². The number of carbonyl (C=O) groups is 1. The Balaban J connectivity index is 2.26. The molecule has 0 aliphatic rings. The fourth-order valence-electron chi connectivity index (χ4n) is 2.66. The summed E-state index contributed by atoms with van der Waals surface area (Å²) in [6, 6.07) is 8.65. The fourth-order valence-corrected chi connectivity index (χ4v) is 4.63. The zero-order valence-electron chi connectivity index (χ0n) is 15.3. The monoisotopic (exact) mass is 404 g/mol. The summed E-state index contributed by atoms with van der Waals surface area (Å²) in [6.45, 7) is 5.49. The Bertz CT molecular complexity index is 1080. The molecule has 1 N–H and O–H groups in total. The average molecular weight is 405 g/mol. The summed E-state index contributed by atoms with van der Waals surface area (Å²) in [5.41, 5.74) is -0.263. The summed E-state index contributed by atoms with van der Waals surface area (Å²) in [5.74, 6) is 0.495. The van der Waals surface area contributed by atoms with Crippen molar-refractivity contribution in [2.75, 3.05) is 5.75 Å². The molecule has 9 heteroatoms. The maximum absolute atomic E-state index is 13.1. The van der Waals surface area contributed by atoms with Crippen LogP contribution in [0, 0.1) is 0 Å². The van der Waals surface area contributed by atoms with Crippen molar-refractivity contribution in [1.82, 2.24) is 19.4 Å². The highest BCUT2D eigenvalue weighted by molar-refractivity contribution is 8.01. The number of hydrogen-bond acceptors (Lipinski definition) is 6. The van der Waals surface area contributed by atoms with Crippen molar-refractivity contribution in [2.45, 2.75) is 37.7 Å². The highest BCUT2D eigenvalue weighted by Crippen LogP contribution is 2.27. The first kappa shape index (κ1) is 19.4. The molecule has 0 atom stereocenters. The Hall–Kier alpha value is -2.39. The van der Waals surface area contributed by atoms with E-state index in [0.717, 1.165) is 10.3 Å². The molecule has 3 rings (SSSR count). The Morgan fingerprint density at radius 2 is 1.96 bits per heavy atom. The predicted octanol–water partition coefficient (Wildman–Crippen LogP) is 2.25. The Morgan fingerprint density at radius 3 is 2.59 bits per heavy atom. The number of hydrogen-bond donors (Lipinski definition) is 1. The molecule has 0 aliphatic carbocycles. The smallest absolute Gasteiger partial charge is 0.337 e. The van der Waals surface area contributed by atoms with Crippen LogP contribution in [0.3, 0.4) is 0 Å². The largest absolute Gasteiger partial charge is 0.352 e. The lowest BCUT2D eigenvalue weighted by molar-refractivity contribution is -0.122. The van der Waals surface area contributed by atoms with Gasteiger partial charge in [0.25, 0.3) is 5.56 Å². The van der Waals surface area contributed by atoms with Gasteiger partial charge in [0.2, 0.25) is 5.91 Å². The van der Waals surface area contributed by atoms with Crippen molar-refractivity contribution >= 4 is 39.4 Å². The second-order valence-corrected chi connectivity index (χ2v) is 8.64. The van der Waals surface area contributed by atoms with E-state index in [-0.39, 0.29) is 24.1 Å². The topological polar surface area (TPSA) is 86.0 Å². The fraction of sp³-hybridized carbons (Fsp3) is 0.333. The second-order valence-electron chi connectivity index (χ2n) is 6.13. The first-order valence-electron chi connectivity index (χ1n) is 8.56. The summed E-state index contributed by atoms with van der Waals surface area (Å²) in [5, 5.41) is 2.77. The molecule has 1 amide bonds. The first-order valence-corrected chi connectivity index (χ1v) is 10.4. The summed E-state index contributed by atoms with van der Waals surface area (Å²) in [7, 11) is 0. The third-order valence-corrected chi connectivity index (χ3v) is 5.76. The number of amides is 1. The molecule has 0 unspecified atom stereocenters. The molecule has 27 heavy (non-hydrogen) atoms. The number of thioether (sulfide) groups is 1. The zero-order chi connectivity index (χ0) is 19.6. The number of benzene rings is 1. The zero-order valence-corrected chi connectivity index (χ0v) is 16.9. The van der Waals surface area contributed by atoms with Crippen LogP contribution in [-0.4, -0.2) is 31.8 Å². The van der Waals surface area contributed by atoms with E-state index in [4.69, 9.17) is 0 Å². The molecule has 3 aromatic rings. The van der Waals surface area contributed by atoms with E-state index in [0.29, 0.717) is 14.7 Å². The number of nitrogens with one attached hydrogen (secondary N) is 1. The van der Waals surface area contributed by atoms with E-state index in [2.05, 4.69) is 10.3 Å². The first-order chi connectivity index (χ1) is 12.9. The minimum Gasteiger partial charge on any atom is -0.352 e. The lowest BCUT2D eigenvalue weighted by Gasteiger charge is -2.12. The van der Waals surface area contributed by atoms with Crippen molar-refractivity contribution in [1.29, 1.82) is 0 Å². The van der Waals surface area contributed by atoms with Crippen LogP contribution in [0.2, 0.25) is 0 Å². The van der Waals surface area contributed by atoms with E-state index in [1.807, 2.05) is 26.8 Å². The van der Waals surface area contributed by atoms with Crippen LogP contribution >= 0.6 is 23.1 Å². The van der Waals surface area contributed by atoms with E-state index in [1.165, 1.54) is 27.7 Å². The number of carbonyl (C=O) groups excluding carboxylic acids is 1. The normalized spacial score (nSPS) is 11.3. The third-order valence-electron chi connectivity index (χ3n) is 3.70. The van der Waals surface area contributed by atoms with Crippen molar-refractivity contribution in [2.24, 2.45) is 0 Å². The van der Waals surface area contributed by atoms with Crippen LogP contribution in [0.1, 0.15) is 20.8 Å². The molecule has 0 saturated heterocycles. The van der Waals surface area contributed by atoms with Crippen LogP contribution in [0.15, 0.2) is 44.3 Å². The van der Waals surface area contributed by atoms with Gasteiger partial charge in [-0.2, -0.15) is 0 Å². The second kappa shape index (κ2) is 8.10. The van der Waals surface area contributed by atoms with Crippen molar-refractivity contribution in [3.05, 3.63) is 51.2 Å². The van der Waals surface area contributed by atoms with E-state index < -0.39 is 11.2 Å². The molecule has 2 heterocycles. The van der Waals surface area contributed by atoms with Gasteiger partial charge in [-0.25, -0.2) is 14.3 Å². The van der Waals surface area contributed by atoms with Gasteiger partial charge in [-0.15, -0.1) is 11.3 Å². The molecule has 0 fully saturated rings. The molecule has 0 radical (unpaired) electrons. The third kappa shape index (κ3) is 3.98. The van der Waals surface area contributed by atoms with Crippen molar-refractivity contribution < 1.29 is 4.79 Å². The molecular formula is C18H20N4O3S2. The maximum Gasteiger partial charge on any atom is 0.337 e. The number of para-hydroxylation sites is 1.